The lowest BCUT2D eigenvalue weighted by Gasteiger charge is -2.15. The highest BCUT2D eigenvalue weighted by molar-refractivity contribution is 5.55. The van der Waals surface area contributed by atoms with E-state index in [2.05, 4.69) is 28.8 Å². The number of ether oxygens (including phenoxy) is 1. The van der Waals surface area contributed by atoms with Crippen LogP contribution in [0.5, 0.6) is 5.75 Å². The molecule has 0 bridgehead atoms. The molecule has 1 heterocycles. The van der Waals surface area contributed by atoms with Crippen LogP contribution in [0.15, 0.2) is 16.8 Å². The number of anilines is 1. The maximum atomic E-state index is 5.95. The minimum Gasteiger partial charge on any atom is -0.487 e. The Morgan fingerprint density at radius 2 is 2.00 bits per heavy atom. The normalized spacial score (nSPS) is 11.0. The second kappa shape index (κ2) is 5.30. The molecule has 1 aromatic heterocycles. The van der Waals surface area contributed by atoms with Gasteiger partial charge in [0.2, 0.25) is 0 Å². The molecule has 2 aromatic rings. The Balaban J connectivity index is 2.24. The smallest absolute Gasteiger partial charge is 0.145 e. The molecule has 5 heteroatoms. The van der Waals surface area contributed by atoms with Gasteiger partial charge in [0, 0.05) is 5.69 Å². The summed E-state index contributed by atoms with van der Waals surface area (Å²) in [7, 11) is 0. The fourth-order valence-electron chi connectivity index (χ4n) is 1.82. The van der Waals surface area contributed by atoms with Crippen LogP contribution < -0.4 is 10.5 Å². The summed E-state index contributed by atoms with van der Waals surface area (Å²) < 4.78 is 10.5. The van der Waals surface area contributed by atoms with Gasteiger partial charge in [-0.2, -0.15) is 0 Å². The third-order valence-corrected chi connectivity index (χ3v) is 3.13. The van der Waals surface area contributed by atoms with Gasteiger partial charge in [-0.1, -0.05) is 24.2 Å². The van der Waals surface area contributed by atoms with Crippen molar-refractivity contribution in [2.24, 2.45) is 0 Å². The monoisotopic (exact) mass is 261 g/mol. The topological polar surface area (TPSA) is 74.2 Å². The third-order valence-electron chi connectivity index (χ3n) is 3.13. The van der Waals surface area contributed by atoms with Gasteiger partial charge in [-0.15, -0.1) is 0 Å². The Kier molecular flexibility index (Phi) is 3.74. The van der Waals surface area contributed by atoms with Crippen molar-refractivity contribution >= 4 is 5.69 Å². The van der Waals surface area contributed by atoms with Crippen molar-refractivity contribution in [2.45, 2.75) is 40.2 Å². The minimum atomic E-state index is 0.342. The van der Waals surface area contributed by atoms with Crippen molar-refractivity contribution in [2.75, 3.05) is 5.73 Å². The molecule has 0 amide bonds. The van der Waals surface area contributed by atoms with Gasteiger partial charge in [0.15, 0.2) is 0 Å². The number of nitrogen functional groups attached to an aromatic ring is 1. The first-order valence-corrected chi connectivity index (χ1v) is 6.30. The molecule has 19 heavy (non-hydrogen) atoms. The van der Waals surface area contributed by atoms with Gasteiger partial charge in [-0.05, 0) is 43.0 Å². The van der Waals surface area contributed by atoms with E-state index in [0.29, 0.717) is 18.2 Å². The number of benzene rings is 1. The van der Waals surface area contributed by atoms with Gasteiger partial charge >= 0.3 is 0 Å². The number of aryl methyl sites for hydroxylation is 2. The zero-order chi connectivity index (χ0) is 14.0. The second-order valence-corrected chi connectivity index (χ2v) is 4.99. The van der Waals surface area contributed by atoms with E-state index < -0.39 is 0 Å². The van der Waals surface area contributed by atoms with Crippen LogP contribution in [0.25, 0.3) is 0 Å². The number of rotatable bonds is 4. The average Bonchev–Trinajstić information content (AvgIpc) is 2.75. The molecule has 0 atom stereocenters. The SMILES string of the molecule is Cc1cc(OCc2nonc2C)c(C(C)C)cc1N. The highest BCUT2D eigenvalue weighted by Gasteiger charge is 2.12. The molecule has 102 valence electrons. The Hall–Kier alpha value is -2.04. The molecule has 0 aliphatic carbocycles. The molecule has 5 nitrogen and oxygen atoms in total. The number of nitrogens with zero attached hydrogens (tertiary/aromatic N) is 2. The average molecular weight is 261 g/mol. The number of hydrogen-bond donors (Lipinski definition) is 1. The highest BCUT2D eigenvalue weighted by Crippen LogP contribution is 2.31. The maximum absolute atomic E-state index is 5.95. The second-order valence-electron chi connectivity index (χ2n) is 4.99. The molecule has 0 saturated carbocycles. The summed E-state index contributed by atoms with van der Waals surface area (Å²) in [6.45, 7) is 8.38. The van der Waals surface area contributed by atoms with Crippen LogP contribution >= 0.6 is 0 Å². The summed E-state index contributed by atoms with van der Waals surface area (Å²) in [4.78, 5) is 0. The van der Waals surface area contributed by atoms with Gasteiger partial charge in [0.25, 0.3) is 0 Å². The molecule has 0 aliphatic rings. The maximum Gasteiger partial charge on any atom is 0.145 e. The van der Waals surface area contributed by atoms with E-state index in [9.17, 15) is 0 Å². The number of aromatic nitrogens is 2. The van der Waals surface area contributed by atoms with E-state index in [0.717, 1.165) is 28.3 Å². The molecule has 0 unspecified atom stereocenters. The molecule has 0 aliphatic heterocycles. The zero-order valence-corrected chi connectivity index (χ0v) is 11.7. The Labute approximate surface area is 112 Å². The van der Waals surface area contributed by atoms with Crippen LogP contribution in [0, 0.1) is 13.8 Å². The summed E-state index contributed by atoms with van der Waals surface area (Å²) in [5.41, 5.74) is 10.3. The lowest BCUT2D eigenvalue weighted by molar-refractivity contribution is 0.268. The van der Waals surface area contributed by atoms with Crippen molar-refractivity contribution in [3.05, 3.63) is 34.6 Å². The summed E-state index contributed by atoms with van der Waals surface area (Å²) in [6, 6.07) is 3.94. The van der Waals surface area contributed by atoms with E-state index in [1.54, 1.807) is 0 Å². The van der Waals surface area contributed by atoms with E-state index in [1.165, 1.54) is 0 Å². The molecule has 2 N–H and O–H groups in total. The summed E-state index contributed by atoms with van der Waals surface area (Å²) in [5.74, 6) is 1.18. The van der Waals surface area contributed by atoms with E-state index in [4.69, 9.17) is 10.5 Å². The zero-order valence-electron chi connectivity index (χ0n) is 11.7. The van der Waals surface area contributed by atoms with Crippen molar-refractivity contribution in [1.82, 2.24) is 10.3 Å². The van der Waals surface area contributed by atoms with Crippen LogP contribution in [-0.4, -0.2) is 10.3 Å². The Morgan fingerprint density at radius 1 is 1.26 bits per heavy atom. The van der Waals surface area contributed by atoms with E-state index in [-0.39, 0.29) is 0 Å². The summed E-state index contributed by atoms with van der Waals surface area (Å²) in [6.07, 6.45) is 0. The molecular formula is C14H19N3O2. The Bertz CT molecular complexity index is 576. The largest absolute Gasteiger partial charge is 0.487 e. The first kappa shape index (κ1) is 13.4. The van der Waals surface area contributed by atoms with Gasteiger partial charge in [0.05, 0.1) is 0 Å². The quantitative estimate of drug-likeness (QED) is 0.856. The van der Waals surface area contributed by atoms with Crippen molar-refractivity contribution < 1.29 is 9.37 Å². The number of hydrogen-bond acceptors (Lipinski definition) is 5. The summed E-state index contributed by atoms with van der Waals surface area (Å²) >= 11 is 0. The number of nitrogens with two attached hydrogens (primary N) is 1. The predicted octanol–water partition coefficient (Wildman–Crippen LogP) is 2.97. The Morgan fingerprint density at radius 3 is 2.58 bits per heavy atom. The van der Waals surface area contributed by atoms with Gasteiger partial charge in [0.1, 0.15) is 23.7 Å². The lowest BCUT2D eigenvalue weighted by atomic mass is 9.99. The molecule has 2 rings (SSSR count). The van der Waals surface area contributed by atoms with Gasteiger partial charge in [-0.25, -0.2) is 4.63 Å². The van der Waals surface area contributed by atoms with Crippen molar-refractivity contribution in [3.63, 3.8) is 0 Å². The third kappa shape index (κ3) is 2.86. The van der Waals surface area contributed by atoms with Crippen LogP contribution in [0.2, 0.25) is 0 Å². The van der Waals surface area contributed by atoms with Gasteiger partial charge < -0.3 is 10.5 Å². The lowest BCUT2D eigenvalue weighted by Crippen LogP contribution is -2.03. The molecule has 0 radical (unpaired) electrons. The first-order chi connectivity index (χ1) is 8.99. The van der Waals surface area contributed by atoms with Crippen LogP contribution in [0.1, 0.15) is 42.3 Å². The van der Waals surface area contributed by atoms with Crippen molar-refractivity contribution in [3.8, 4) is 5.75 Å². The summed E-state index contributed by atoms with van der Waals surface area (Å²) in [5, 5.41) is 7.54. The molecule has 0 fully saturated rings. The van der Waals surface area contributed by atoms with E-state index >= 15 is 0 Å². The minimum absolute atomic E-state index is 0.342. The van der Waals surface area contributed by atoms with Crippen LogP contribution in [0.3, 0.4) is 0 Å². The van der Waals surface area contributed by atoms with Crippen LogP contribution in [0.4, 0.5) is 5.69 Å². The molecular weight excluding hydrogens is 242 g/mol. The standard InChI is InChI=1S/C14H19N3O2/c1-8(2)11-6-12(15)9(3)5-14(11)18-7-13-10(4)16-19-17-13/h5-6,8H,7,15H2,1-4H3. The first-order valence-electron chi connectivity index (χ1n) is 6.30. The fourth-order valence-corrected chi connectivity index (χ4v) is 1.82. The van der Waals surface area contributed by atoms with Crippen molar-refractivity contribution in [1.29, 1.82) is 0 Å². The van der Waals surface area contributed by atoms with Gasteiger partial charge in [-0.3, -0.25) is 0 Å². The molecule has 0 spiro atoms. The molecule has 0 saturated heterocycles. The predicted molar refractivity (Wildman–Crippen MR) is 73.0 cm³/mol. The molecule has 1 aromatic carbocycles. The fraction of sp³-hybridized carbons (Fsp3) is 0.429. The highest BCUT2D eigenvalue weighted by atomic mass is 16.6. The van der Waals surface area contributed by atoms with Crippen LogP contribution in [-0.2, 0) is 6.61 Å². The van der Waals surface area contributed by atoms with E-state index in [1.807, 2.05) is 26.0 Å².